The van der Waals surface area contributed by atoms with Crippen LogP contribution in [-0.2, 0) is 4.79 Å². The number of ether oxygens (including phenoxy) is 1. The fraction of sp³-hybridized carbons (Fsp3) is 0.462. The van der Waals surface area contributed by atoms with Crippen molar-refractivity contribution in [2.24, 2.45) is 0 Å². The summed E-state index contributed by atoms with van der Waals surface area (Å²) in [6.45, 7) is 7.48. The summed E-state index contributed by atoms with van der Waals surface area (Å²) < 4.78 is 5.72. The SMILES string of the molecule is CC(C)N1C(=O)C(C)(C)Oc2cccc(N)c21. The quantitative estimate of drug-likeness (QED) is 0.758. The molecule has 2 rings (SSSR count). The van der Waals surface area contributed by atoms with Gasteiger partial charge in [0.25, 0.3) is 5.91 Å². The fourth-order valence-electron chi connectivity index (χ4n) is 2.08. The Hall–Kier alpha value is -1.71. The molecule has 0 radical (unpaired) electrons. The molecule has 0 saturated carbocycles. The van der Waals surface area contributed by atoms with Gasteiger partial charge in [0, 0.05) is 6.04 Å². The van der Waals surface area contributed by atoms with E-state index in [1.165, 1.54) is 0 Å². The van der Waals surface area contributed by atoms with Gasteiger partial charge < -0.3 is 15.4 Å². The first kappa shape index (κ1) is 11.8. The van der Waals surface area contributed by atoms with Gasteiger partial charge in [-0.15, -0.1) is 0 Å². The van der Waals surface area contributed by atoms with Gasteiger partial charge in [0.1, 0.15) is 11.4 Å². The molecule has 2 N–H and O–H groups in total. The van der Waals surface area contributed by atoms with E-state index in [0.717, 1.165) is 0 Å². The number of nitrogen functional groups attached to an aromatic ring is 1. The second-order valence-corrected chi connectivity index (χ2v) is 5.08. The van der Waals surface area contributed by atoms with Crippen molar-refractivity contribution < 1.29 is 9.53 Å². The average Bonchev–Trinajstić information content (AvgIpc) is 2.20. The number of amides is 1. The van der Waals surface area contributed by atoms with Crippen molar-refractivity contribution in [3.63, 3.8) is 0 Å². The highest BCUT2D eigenvalue weighted by atomic mass is 16.5. The molecule has 4 nitrogen and oxygen atoms in total. The maximum Gasteiger partial charge on any atom is 0.270 e. The van der Waals surface area contributed by atoms with Crippen molar-refractivity contribution in [1.29, 1.82) is 0 Å². The number of hydrogen-bond donors (Lipinski definition) is 1. The normalized spacial score (nSPS) is 17.9. The van der Waals surface area contributed by atoms with Crippen molar-refractivity contribution in [3.05, 3.63) is 18.2 Å². The van der Waals surface area contributed by atoms with Crippen LogP contribution in [0.1, 0.15) is 27.7 Å². The van der Waals surface area contributed by atoms with Gasteiger partial charge in [-0.05, 0) is 39.8 Å². The number of nitrogens with zero attached hydrogens (tertiary/aromatic N) is 1. The third kappa shape index (κ3) is 1.73. The molecule has 92 valence electrons. The second kappa shape index (κ2) is 3.65. The first-order valence-corrected chi connectivity index (χ1v) is 5.76. The summed E-state index contributed by atoms with van der Waals surface area (Å²) in [4.78, 5) is 14.1. The van der Waals surface area contributed by atoms with E-state index in [2.05, 4.69) is 0 Å². The molecule has 1 aromatic carbocycles. The zero-order valence-corrected chi connectivity index (χ0v) is 10.7. The number of hydrogen-bond acceptors (Lipinski definition) is 3. The molecule has 1 heterocycles. The fourth-order valence-corrected chi connectivity index (χ4v) is 2.08. The van der Waals surface area contributed by atoms with Crippen molar-refractivity contribution in [2.45, 2.75) is 39.3 Å². The number of carbonyl (C=O) groups is 1. The number of benzene rings is 1. The molecule has 0 aliphatic carbocycles. The van der Waals surface area contributed by atoms with Gasteiger partial charge in [-0.3, -0.25) is 4.79 Å². The van der Waals surface area contributed by atoms with Crippen molar-refractivity contribution in [2.75, 3.05) is 10.6 Å². The molecule has 4 heteroatoms. The monoisotopic (exact) mass is 234 g/mol. The molecule has 0 unspecified atom stereocenters. The molecule has 0 saturated heterocycles. The number of rotatable bonds is 1. The summed E-state index contributed by atoms with van der Waals surface area (Å²) in [6.07, 6.45) is 0. The van der Waals surface area contributed by atoms with Crippen LogP contribution in [0.25, 0.3) is 0 Å². The van der Waals surface area contributed by atoms with E-state index in [0.29, 0.717) is 17.1 Å². The largest absolute Gasteiger partial charge is 0.476 e. The van der Waals surface area contributed by atoms with E-state index in [1.54, 1.807) is 24.8 Å². The summed E-state index contributed by atoms with van der Waals surface area (Å²) in [5.74, 6) is 0.612. The highest BCUT2D eigenvalue weighted by Gasteiger charge is 2.42. The second-order valence-electron chi connectivity index (χ2n) is 5.08. The molecule has 1 aliphatic heterocycles. The van der Waals surface area contributed by atoms with Crippen LogP contribution >= 0.6 is 0 Å². The zero-order valence-electron chi connectivity index (χ0n) is 10.7. The van der Waals surface area contributed by atoms with Crippen molar-refractivity contribution in [3.8, 4) is 5.75 Å². The van der Waals surface area contributed by atoms with Gasteiger partial charge >= 0.3 is 0 Å². The summed E-state index contributed by atoms with van der Waals surface area (Å²) in [5.41, 5.74) is 6.36. The lowest BCUT2D eigenvalue weighted by Crippen LogP contribution is -2.55. The smallest absolute Gasteiger partial charge is 0.270 e. The molecular formula is C13H18N2O2. The van der Waals surface area contributed by atoms with Gasteiger partial charge in [-0.2, -0.15) is 0 Å². The highest BCUT2D eigenvalue weighted by Crippen LogP contribution is 2.42. The van der Waals surface area contributed by atoms with Crippen LogP contribution < -0.4 is 15.4 Å². The standard InChI is InChI=1S/C13H18N2O2/c1-8(2)15-11-9(14)6-5-7-10(11)17-13(3,4)12(15)16/h5-8H,14H2,1-4H3. The Morgan fingerprint density at radius 3 is 2.59 bits per heavy atom. The Kier molecular flexibility index (Phi) is 2.53. The molecule has 0 aromatic heterocycles. The van der Waals surface area contributed by atoms with Crippen LogP contribution in [-0.4, -0.2) is 17.6 Å². The van der Waals surface area contributed by atoms with Crippen LogP contribution in [0, 0.1) is 0 Å². The number of carbonyl (C=O) groups excluding carboxylic acids is 1. The Morgan fingerprint density at radius 1 is 1.35 bits per heavy atom. The van der Waals surface area contributed by atoms with Crippen LogP contribution in [0.5, 0.6) is 5.75 Å². The molecule has 0 bridgehead atoms. The Bertz CT molecular complexity index is 466. The van der Waals surface area contributed by atoms with Gasteiger partial charge in [-0.25, -0.2) is 0 Å². The molecule has 0 spiro atoms. The molecule has 1 aliphatic rings. The van der Waals surface area contributed by atoms with E-state index in [9.17, 15) is 4.79 Å². The van der Waals surface area contributed by atoms with Crippen LogP contribution in [0.15, 0.2) is 18.2 Å². The first-order valence-electron chi connectivity index (χ1n) is 5.76. The maximum absolute atomic E-state index is 12.3. The molecule has 0 atom stereocenters. The summed E-state index contributed by atoms with van der Waals surface area (Å²) >= 11 is 0. The molecule has 1 amide bonds. The third-order valence-corrected chi connectivity index (χ3v) is 2.89. The minimum atomic E-state index is -0.842. The van der Waals surface area contributed by atoms with Crippen LogP contribution in [0.4, 0.5) is 11.4 Å². The van der Waals surface area contributed by atoms with Crippen LogP contribution in [0.3, 0.4) is 0 Å². The number of nitrogens with two attached hydrogens (primary N) is 1. The Balaban J connectivity index is 2.64. The van der Waals surface area contributed by atoms with Crippen molar-refractivity contribution in [1.82, 2.24) is 0 Å². The van der Waals surface area contributed by atoms with Gasteiger partial charge in [0.05, 0.1) is 5.69 Å². The lowest BCUT2D eigenvalue weighted by molar-refractivity contribution is -0.133. The van der Waals surface area contributed by atoms with E-state index in [4.69, 9.17) is 10.5 Å². The van der Waals surface area contributed by atoms with E-state index in [-0.39, 0.29) is 11.9 Å². The first-order chi connectivity index (χ1) is 7.84. The lowest BCUT2D eigenvalue weighted by Gasteiger charge is -2.41. The van der Waals surface area contributed by atoms with Crippen molar-refractivity contribution >= 4 is 17.3 Å². The minimum Gasteiger partial charge on any atom is -0.476 e. The number of anilines is 2. The van der Waals surface area contributed by atoms with E-state index in [1.807, 2.05) is 26.0 Å². The van der Waals surface area contributed by atoms with Gasteiger partial charge in [-0.1, -0.05) is 6.07 Å². The lowest BCUT2D eigenvalue weighted by atomic mass is 10.0. The topological polar surface area (TPSA) is 55.6 Å². The predicted octanol–water partition coefficient (Wildman–Crippen LogP) is 2.18. The zero-order chi connectivity index (χ0) is 12.8. The Labute approximate surface area is 101 Å². The highest BCUT2D eigenvalue weighted by molar-refractivity contribution is 6.05. The third-order valence-electron chi connectivity index (χ3n) is 2.89. The van der Waals surface area contributed by atoms with Gasteiger partial charge in [0.15, 0.2) is 5.60 Å². The van der Waals surface area contributed by atoms with Crippen LogP contribution in [0.2, 0.25) is 0 Å². The van der Waals surface area contributed by atoms with Gasteiger partial charge in [0.2, 0.25) is 0 Å². The number of fused-ring (bicyclic) bond motifs is 1. The maximum atomic E-state index is 12.3. The molecule has 1 aromatic rings. The summed E-state index contributed by atoms with van der Waals surface area (Å²) in [6, 6.07) is 5.51. The average molecular weight is 234 g/mol. The Morgan fingerprint density at radius 2 is 2.00 bits per heavy atom. The van der Waals surface area contributed by atoms with E-state index >= 15 is 0 Å². The molecular weight excluding hydrogens is 216 g/mol. The molecule has 0 fully saturated rings. The summed E-state index contributed by atoms with van der Waals surface area (Å²) in [5, 5.41) is 0. The number of para-hydroxylation sites is 1. The predicted molar refractivity (Wildman–Crippen MR) is 68.2 cm³/mol. The minimum absolute atomic E-state index is 0.0501. The van der Waals surface area contributed by atoms with E-state index < -0.39 is 5.60 Å². The summed E-state index contributed by atoms with van der Waals surface area (Å²) in [7, 11) is 0. The molecule has 17 heavy (non-hydrogen) atoms.